The van der Waals surface area contributed by atoms with Crippen LogP contribution >= 0.6 is 0 Å². The second-order valence-corrected chi connectivity index (χ2v) is 8.10. The minimum Gasteiger partial charge on any atom is -0.390 e. The molecule has 0 unspecified atom stereocenters. The lowest BCUT2D eigenvalue weighted by Gasteiger charge is -2.58. The minimum absolute atomic E-state index is 0.310. The van der Waals surface area contributed by atoms with Crippen LogP contribution in [0.3, 0.4) is 0 Å². The largest absolute Gasteiger partial charge is 0.390 e. The Labute approximate surface area is 109 Å². The maximum Gasteiger partial charge on any atom is 0.0854 e. The number of aliphatic hydroxyl groups is 3. The fourth-order valence-electron chi connectivity index (χ4n) is 5.22. The molecule has 0 aromatic heterocycles. The van der Waals surface area contributed by atoms with E-state index in [-0.39, 0.29) is 5.41 Å². The van der Waals surface area contributed by atoms with E-state index in [4.69, 9.17) is 0 Å². The summed E-state index contributed by atoms with van der Waals surface area (Å²) in [6, 6.07) is 0. The Balaban J connectivity index is 1.96. The summed E-state index contributed by atoms with van der Waals surface area (Å²) in [5.41, 5.74) is -0.770. The highest BCUT2D eigenvalue weighted by molar-refractivity contribution is 5.13. The molecule has 0 spiro atoms. The quantitative estimate of drug-likeness (QED) is 0.616. The molecular weight excluding hydrogens is 228 g/mol. The molecule has 3 N–H and O–H groups in total. The molecule has 3 aliphatic carbocycles. The smallest absolute Gasteiger partial charge is 0.0854 e. The highest BCUT2D eigenvalue weighted by Crippen LogP contribution is 2.64. The highest BCUT2D eigenvalue weighted by Gasteiger charge is 2.63. The first-order valence-electron chi connectivity index (χ1n) is 7.27. The zero-order chi connectivity index (χ0) is 13.3. The Morgan fingerprint density at radius 3 is 2.28 bits per heavy atom. The Bertz CT molecular complexity index is 367. The SMILES string of the molecule is CC1(C)C[C@H]2[C@H]1CC[C@@]1(C)C[C@@]2(O)C[C@H](O)[C@H]1O. The fourth-order valence-corrected chi connectivity index (χ4v) is 5.22. The lowest BCUT2D eigenvalue weighted by atomic mass is 9.49. The van der Waals surface area contributed by atoms with E-state index in [2.05, 4.69) is 13.8 Å². The third-order valence-electron chi connectivity index (χ3n) is 6.30. The normalized spacial score (nSPS) is 58.3. The first-order chi connectivity index (χ1) is 8.18. The number of fused-ring (bicyclic) bond motifs is 4. The van der Waals surface area contributed by atoms with Crippen LogP contribution in [0.25, 0.3) is 0 Å². The molecule has 0 radical (unpaired) electrons. The molecule has 0 amide bonds. The summed E-state index contributed by atoms with van der Waals surface area (Å²) in [4.78, 5) is 0. The van der Waals surface area contributed by atoms with Gasteiger partial charge >= 0.3 is 0 Å². The molecule has 0 aliphatic heterocycles. The molecule has 0 aromatic rings. The number of rotatable bonds is 0. The minimum atomic E-state index is -0.767. The molecule has 0 aromatic carbocycles. The van der Waals surface area contributed by atoms with Gasteiger partial charge in [-0.05, 0) is 48.3 Å². The number of aliphatic hydroxyl groups excluding tert-OH is 2. The lowest BCUT2D eigenvalue weighted by molar-refractivity contribution is -0.206. The van der Waals surface area contributed by atoms with Crippen molar-refractivity contribution in [1.82, 2.24) is 0 Å². The van der Waals surface area contributed by atoms with Gasteiger partial charge in [-0.3, -0.25) is 0 Å². The van der Waals surface area contributed by atoms with E-state index in [1.165, 1.54) is 0 Å². The Morgan fingerprint density at radius 1 is 1.00 bits per heavy atom. The van der Waals surface area contributed by atoms with E-state index in [0.717, 1.165) is 19.3 Å². The average Bonchev–Trinajstić information content (AvgIpc) is 2.30. The van der Waals surface area contributed by atoms with E-state index in [0.29, 0.717) is 30.1 Å². The summed E-state index contributed by atoms with van der Waals surface area (Å²) in [5.74, 6) is 0.860. The number of hydrogen-bond donors (Lipinski definition) is 3. The van der Waals surface area contributed by atoms with Crippen LogP contribution in [0.4, 0.5) is 0 Å². The van der Waals surface area contributed by atoms with E-state index in [1.807, 2.05) is 6.92 Å². The van der Waals surface area contributed by atoms with E-state index >= 15 is 0 Å². The van der Waals surface area contributed by atoms with Gasteiger partial charge in [-0.1, -0.05) is 20.8 Å². The van der Waals surface area contributed by atoms with Crippen molar-refractivity contribution >= 4 is 0 Å². The molecule has 3 saturated carbocycles. The molecule has 3 aliphatic rings. The molecule has 0 saturated heterocycles. The van der Waals surface area contributed by atoms with Gasteiger partial charge < -0.3 is 15.3 Å². The fraction of sp³-hybridized carbons (Fsp3) is 1.00. The standard InChI is InChI=1S/C15H26O3/c1-13(2)6-10-9(13)4-5-14(3)8-15(10,18)7-11(16)12(14)17/h9-12,16-18H,4-8H2,1-3H3/t9-,10+,11+,12-,14+,15+/m1/s1. The van der Waals surface area contributed by atoms with Crippen LogP contribution in [0.2, 0.25) is 0 Å². The summed E-state index contributed by atoms with van der Waals surface area (Å²) in [6.45, 7) is 6.59. The number of hydrogen-bond acceptors (Lipinski definition) is 3. The molecule has 3 fully saturated rings. The van der Waals surface area contributed by atoms with Crippen LogP contribution in [0.1, 0.15) is 52.9 Å². The van der Waals surface area contributed by atoms with Crippen molar-refractivity contribution in [3.05, 3.63) is 0 Å². The first kappa shape index (κ1) is 12.9. The van der Waals surface area contributed by atoms with E-state index in [9.17, 15) is 15.3 Å². The van der Waals surface area contributed by atoms with Gasteiger partial charge in [0, 0.05) is 6.42 Å². The third kappa shape index (κ3) is 1.53. The van der Waals surface area contributed by atoms with E-state index in [1.54, 1.807) is 0 Å². The van der Waals surface area contributed by atoms with Gasteiger partial charge in [-0.25, -0.2) is 0 Å². The molecule has 2 bridgehead atoms. The average molecular weight is 254 g/mol. The van der Waals surface area contributed by atoms with Crippen molar-refractivity contribution in [3.8, 4) is 0 Å². The first-order valence-corrected chi connectivity index (χ1v) is 7.27. The maximum absolute atomic E-state index is 11.0. The van der Waals surface area contributed by atoms with Gasteiger partial charge in [0.1, 0.15) is 0 Å². The Kier molecular flexibility index (Phi) is 2.51. The molecule has 6 atom stereocenters. The van der Waals surface area contributed by atoms with Crippen molar-refractivity contribution in [3.63, 3.8) is 0 Å². The van der Waals surface area contributed by atoms with Gasteiger partial charge in [0.25, 0.3) is 0 Å². The van der Waals surface area contributed by atoms with Gasteiger partial charge in [0.05, 0.1) is 17.8 Å². The predicted octanol–water partition coefficient (Wildman–Crippen LogP) is 1.70. The van der Waals surface area contributed by atoms with Gasteiger partial charge in [0.15, 0.2) is 0 Å². The van der Waals surface area contributed by atoms with Crippen molar-refractivity contribution in [2.45, 2.75) is 70.7 Å². The van der Waals surface area contributed by atoms with Crippen LogP contribution in [0.5, 0.6) is 0 Å². The summed E-state index contributed by atoms with van der Waals surface area (Å²) >= 11 is 0. The summed E-state index contributed by atoms with van der Waals surface area (Å²) in [5, 5.41) is 31.3. The summed E-state index contributed by atoms with van der Waals surface area (Å²) < 4.78 is 0. The highest BCUT2D eigenvalue weighted by atomic mass is 16.3. The third-order valence-corrected chi connectivity index (χ3v) is 6.30. The topological polar surface area (TPSA) is 60.7 Å². The molecule has 104 valence electrons. The molecular formula is C15H26O3. The molecule has 18 heavy (non-hydrogen) atoms. The van der Waals surface area contributed by atoms with E-state index < -0.39 is 17.8 Å². The Morgan fingerprint density at radius 2 is 1.67 bits per heavy atom. The lowest BCUT2D eigenvalue weighted by Crippen LogP contribution is -2.61. The zero-order valence-corrected chi connectivity index (χ0v) is 11.7. The predicted molar refractivity (Wildman–Crippen MR) is 68.9 cm³/mol. The Hall–Kier alpha value is -0.120. The molecule has 3 rings (SSSR count). The van der Waals surface area contributed by atoms with Crippen LogP contribution in [-0.4, -0.2) is 33.1 Å². The van der Waals surface area contributed by atoms with Crippen molar-refractivity contribution < 1.29 is 15.3 Å². The van der Waals surface area contributed by atoms with Crippen molar-refractivity contribution in [2.75, 3.05) is 0 Å². The van der Waals surface area contributed by atoms with Crippen LogP contribution in [0.15, 0.2) is 0 Å². The molecule has 0 heterocycles. The van der Waals surface area contributed by atoms with Crippen molar-refractivity contribution in [1.29, 1.82) is 0 Å². The maximum atomic E-state index is 11.0. The second-order valence-electron chi connectivity index (χ2n) is 8.10. The summed E-state index contributed by atoms with van der Waals surface area (Å²) in [7, 11) is 0. The monoisotopic (exact) mass is 254 g/mol. The van der Waals surface area contributed by atoms with Gasteiger partial charge in [-0.2, -0.15) is 0 Å². The molecule has 3 heteroatoms. The van der Waals surface area contributed by atoms with Gasteiger partial charge in [0.2, 0.25) is 0 Å². The van der Waals surface area contributed by atoms with Crippen LogP contribution in [0, 0.1) is 22.7 Å². The second kappa shape index (κ2) is 3.50. The van der Waals surface area contributed by atoms with Crippen molar-refractivity contribution in [2.24, 2.45) is 22.7 Å². The van der Waals surface area contributed by atoms with Gasteiger partial charge in [-0.15, -0.1) is 0 Å². The zero-order valence-electron chi connectivity index (χ0n) is 11.7. The summed E-state index contributed by atoms with van der Waals surface area (Å²) in [6.07, 6.45) is 2.58. The van der Waals surface area contributed by atoms with Crippen LogP contribution in [-0.2, 0) is 0 Å². The molecule has 3 nitrogen and oxygen atoms in total. The van der Waals surface area contributed by atoms with Crippen LogP contribution < -0.4 is 0 Å².